The van der Waals surface area contributed by atoms with Crippen LogP contribution in [0.4, 0.5) is 5.69 Å². The van der Waals surface area contributed by atoms with Crippen molar-refractivity contribution in [3.8, 4) is 0 Å². The van der Waals surface area contributed by atoms with Gasteiger partial charge in [0.2, 0.25) is 5.96 Å². The first-order valence-corrected chi connectivity index (χ1v) is 7.64. The van der Waals surface area contributed by atoms with Gasteiger partial charge in [0.1, 0.15) is 0 Å². The zero-order chi connectivity index (χ0) is 15.3. The van der Waals surface area contributed by atoms with E-state index in [-0.39, 0.29) is 0 Å². The van der Waals surface area contributed by atoms with Gasteiger partial charge < -0.3 is 14.9 Å². The number of anilines is 1. The third kappa shape index (κ3) is 1.71. The molecule has 22 heavy (non-hydrogen) atoms. The van der Waals surface area contributed by atoms with E-state index >= 15 is 0 Å². The number of hydrogen-bond donors (Lipinski definition) is 1. The molecule has 4 nitrogen and oxygen atoms in total. The number of fused-ring (bicyclic) bond motifs is 2. The van der Waals surface area contributed by atoms with E-state index in [2.05, 4.69) is 4.99 Å². The standard InChI is InChI=1S/C17H16ClN3O/c1-20-15-11-13(18)7-8-14(15)17(22,12-5-3-2-4-6-12)21-10-9-19-16(20)21/h2-8,11,22H,9-10H2,1H3. The zero-order valence-corrected chi connectivity index (χ0v) is 13.0. The van der Waals surface area contributed by atoms with Gasteiger partial charge in [-0.2, -0.15) is 0 Å². The normalized spacial score (nSPS) is 23.1. The van der Waals surface area contributed by atoms with Crippen molar-refractivity contribution in [2.24, 2.45) is 4.99 Å². The highest BCUT2D eigenvalue weighted by Crippen LogP contribution is 2.44. The molecule has 0 radical (unpaired) electrons. The molecule has 1 atom stereocenters. The Labute approximate surface area is 134 Å². The summed E-state index contributed by atoms with van der Waals surface area (Å²) in [5.41, 5.74) is 1.33. The number of halogens is 1. The Morgan fingerprint density at radius 1 is 1.18 bits per heavy atom. The Kier molecular flexibility index (Phi) is 2.93. The number of hydrogen-bond acceptors (Lipinski definition) is 4. The lowest BCUT2D eigenvalue weighted by atomic mass is 9.89. The number of rotatable bonds is 1. The van der Waals surface area contributed by atoms with Crippen molar-refractivity contribution in [1.82, 2.24) is 4.90 Å². The van der Waals surface area contributed by atoms with Gasteiger partial charge in [-0.25, -0.2) is 0 Å². The first-order chi connectivity index (χ1) is 10.6. The molecule has 112 valence electrons. The van der Waals surface area contributed by atoms with E-state index in [0.717, 1.165) is 22.8 Å². The van der Waals surface area contributed by atoms with E-state index in [1.165, 1.54) is 0 Å². The Morgan fingerprint density at radius 3 is 2.73 bits per heavy atom. The highest BCUT2D eigenvalue weighted by atomic mass is 35.5. The summed E-state index contributed by atoms with van der Waals surface area (Å²) in [7, 11) is 1.96. The maximum Gasteiger partial charge on any atom is 0.203 e. The van der Waals surface area contributed by atoms with E-state index in [4.69, 9.17) is 11.6 Å². The lowest BCUT2D eigenvalue weighted by Crippen LogP contribution is -2.57. The fourth-order valence-electron chi connectivity index (χ4n) is 3.34. The summed E-state index contributed by atoms with van der Waals surface area (Å²) in [6.07, 6.45) is 0. The average Bonchev–Trinajstić information content (AvgIpc) is 3.04. The topological polar surface area (TPSA) is 39.1 Å². The summed E-state index contributed by atoms with van der Waals surface area (Å²) in [5, 5.41) is 12.3. The van der Waals surface area contributed by atoms with Crippen molar-refractivity contribution < 1.29 is 5.11 Å². The molecule has 0 fully saturated rings. The quantitative estimate of drug-likeness (QED) is 0.880. The van der Waals surface area contributed by atoms with Crippen molar-refractivity contribution in [3.63, 3.8) is 0 Å². The van der Waals surface area contributed by atoms with Gasteiger partial charge in [-0.3, -0.25) is 4.99 Å². The summed E-state index contributed by atoms with van der Waals surface area (Å²) < 4.78 is 0. The van der Waals surface area contributed by atoms with Gasteiger partial charge in [-0.15, -0.1) is 0 Å². The van der Waals surface area contributed by atoms with Crippen LogP contribution < -0.4 is 4.90 Å². The van der Waals surface area contributed by atoms with Crippen LogP contribution in [0.5, 0.6) is 0 Å². The third-order valence-electron chi connectivity index (χ3n) is 4.38. The van der Waals surface area contributed by atoms with Gasteiger partial charge in [0.05, 0.1) is 12.2 Å². The van der Waals surface area contributed by atoms with Crippen molar-refractivity contribution in [2.45, 2.75) is 5.72 Å². The monoisotopic (exact) mass is 313 g/mol. The predicted octanol–water partition coefficient (Wildman–Crippen LogP) is 2.65. The molecule has 0 saturated heterocycles. The van der Waals surface area contributed by atoms with Gasteiger partial charge in [-0.05, 0) is 12.1 Å². The number of nitrogens with zero attached hydrogens (tertiary/aromatic N) is 3. The molecule has 2 aliphatic rings. The maximum absolute atomic E-state index is 11.6. The maximum atomic E-state index is 11.6. The highest BCUT2D eigenvalue weighted by molar-refractivity contribution is 6.31. The minimum absolute atomic E-state index is 0.646. The Bertz CT molecular complexity index is 762. The fraction of sp³-hybridized carbons (Fsp3) is 0.235. The largest absolute Gasteiger partial charge is 0.363 e. The van der Waals surface area contributed by atoms with Gasteiger partial charge in [-0.1, -0.05) is 48.0 Å². The predicted molar refractivity (Wildman–Crippen MR) is 88.3 cm³/mol. The first-order valence-electron chi connectivity index (χ1n) is 7.26. The molecular weight excluding hydrogens is 298 g/mol. The molecule has 2 aliphatic heterocycles. The van der Waals surface area contributed by atoms with Gasteiger partial charge >= 0.3 is 0 Å². The molecular formula is C17H16ClN3O. The van der Waals surface area contributed by atoms with Crippen molar-refractivity contribution in [2.75, 3.05) is 25.0 Å². The van der Waals surface area contributed by atoms with Gasteiger partial charge in [0, 0.05) is 29.7 Å². The third-order valence-corrected chi connectivity index (χ3v) is 4.62. The highest BCUT2D eigenvalue weighted by Gasteiger charge is 2.48. The van der Waals surface area contributed by atoms with E-state index < -0.39 is 5.72 Å². The van der Waals surface area contributed by atoms with Crippen LogP contribution in [-0.2, 0) is 5.72 Å². The van der Waals surface area contributed by atoms with Crippen LogP contribution in [0.3, 0.4) is 0 Å². The number of guanidine groups is 1. The molecule has 2 aromatic rings. The molecule has 0 aromatic heterocycles. The molecule has 0 aliphatic carbocycles. The molecule has 0 saturated carbocycles. The Morgan fingerprint density at radius 2 is 1.95 bits per heavy atom. The second-order valence-electron chi connectivity index (χ2n) is 5.59. The van der Waals surface area contributed by atoms with Crippen LogP contribution in [0.2, 0.25) is 5.02 Å². The summed E-state index contributed by atoms with van der Waals surface area (Å²) in [5.74, 6) is 0.779. The molecule has 0 bridgehead atoms. The van der Waals surface area contributed by atoms with Crippen LogP contribution in [0, 0.1) is 0 Å². The number of aliphatic imine (C=N–C) groups is 1. The second kappa shape index (κ2) is 4.73. The fourth-order valence-corrected chi connectivity index (χ4v) is 3.51. The minimum Gasteiger partial charge on any atom is -0.363 e. The number of benzene rings is 2. The van der Waals surface area contributed by atoms with Crippen LogP contribution in [-0.4, -0.2) is 36.1 Å². The zero-order valence-electron chi connectivity index (χ0n) is 12.2. The molecule has 4 rings (SSSR count). The van der Waals surface area contributed by atoms with E-state index in [9.17, 15) is 5.11 Å². The van der Waals surface area contributed by atoms with Gasteiger partial charge in [0.25, 0.3) is 0 Å². The summed E-state index contributed by atoms with van der Waals surface area (Å²) in [6, 6.07) is 15.3. The summed E-state index contributed by atoms with van der Waals surface area (Å²) >= 11 is 6.16. The van der Waals surface area contributed by atoms with Crippen LogP contribution >= 0.6 is 11.6 Å². The average molecular weight is 314 g/mol. The van der Waals surface area contributed by atoms with Crippen molar-refractivity contribution >= 4 is 23.2 Å². The molecule has 2 heterocycles. The van der Waals surface area contributed by atoms with E-state index in [0.29, 0.717) is 18.1 Å². The lowest BCUT2D eigenvalue weighted by Gasteiger charge is -2.47. The first kappa shape index (κ1) is 13.6. The van der Waals surface area contributed by atoms with Gasteiger partial charge in [0.15, 0.2) is 5.72 Å². The van der Waals surface area contributed by atoms with Crippen LogP contribution in [0.25, 0.3) is 0 Å². The summed E-state index contributed by atoms with van der Waals surface area (Å²) in [4.78, 5) is 8.50. The van der Waals surface area contributed by atoms with E-state index in [1.807, 2.05) is 65.4 Å². The minimum atomic E-state index is -1.22. The molecule has 0 amide bonds. The van der Waals surface area contributed by atoms with Crippen molar-refractivity contribution in [3.05, 3.63) is 64.7 Å². The summed E-state index contributed by atoms with van der Waals surface area (Å²) in [6.45, 7) is 1.36. The van der Waals surface area contributed by atoms with Crippen LogP contribution in [0.15, 0.2) is 53.5 Å². The molecule has 1 N–H and O–H groups in total. The van der Waals surface area contributed by atoms with E-state index in [1.54, 1.807) is 0 Å². The molecule has 5 heteroatoms. The van der Waals surface area contributed by atoms with Crippen LogP contribution in [0.1, 0.15) is 11.1 Å². The smallest absolute Gasteiger partial charge is 0.203 e. The molecule has 1 unspecified atom stereocenters. The SMILES string of the molecule is CN1C2=NCCN2C(O)(c2ccccc2)c2ccc(Cl)cc21. The van der Waals surface area contributed by atoms with Crippen molar-refractivity contribution in [1.29, 1.82) is 0 Å². The Hall–Kier alpha value is -2.04. The molecule has 2 aromatic carbocycles. The number of aliphatic hydroxyl groups is 1. The second-order valence-corrected chi connectivity index (χ2v) is 6.03. The lowest BCUT2D eigenvalue weighted by molar-refractivity contribution is -0.0356. The Balaban J connectivity index is 2.01. The molecule has 0 spiro atoms.